The first kappa shape index (κ1) is 28.4. The molecule has 1 aromatic heterocycles. The number of fused-ring (bicyclic) bond motifs is 1. The fourth-order valence-corrected chi connectivity index (χ4v) is 6.00. The highest BCUT2D eigenvalue weighted by Gasteiger charge is 2.13. The molecular weight excluding hydrogens is 532 g/mol. The summed E-state index contributed by atoms with van der Waals surface area (Å²) in [6.07, 6.45) is 3.36. The van der Waals surface area contributed by atoms with Gasteiger partial charge in [-0.25, -0.2) is 8.42 Å². The number of benzene rings is 3. The van der Waals surface area contributed by atoms with Crippen LogP contribution < -0.4 is 9.47 Å². The predicted molar refractivity (Wildman–Crippen MR) is 158 cm³/mol. The molecule has 6 nitrogen and oxygen atoms in total. The summed E-state index contributed by atoms with van der Waals surface area (Å²) in [5.41, 5.74) is 5.29. The quantitative estimate of drug-likeness (QED) is 0.139. The highest BCUT2D eigenvalue weighted by atomic mass is 32.2. The molecule has 1 atom stereocenters. The molecule has 4 aromatic rings. The van der Waals surface area contributed by atoms with Gasteiger partial charge in [0.2, 0.25) is 0 Å². The highest BCUT2D eigenvalue weighted by molar-refractivity contribution is 7.90. The number of aryl methyl sites for hydroxylation is 1. The summed E-state index contributed by atoms with van der Waals surface area (Å²) in [6, 6.07) is 19.8. The third kappa shape index (κ3) is 7.71. The molecule has 4 rings (SSSR count). The summed E-state index contributed by atoms with van der Waals surface area (Å²) in [5.74, 6) is 0.465. The zero-order valence-electron chi connectivity index (χ0n) is 22.1. The molecule has 0 spiro atoms. The molecule has 0 amide bonds. The second-order valence-corrected chi connectivity index (χ2v) is 12.8. The van der Waals surface area contributed by atoms with Crippen LogP contribution in [0.3, 0.4) is 0 Å². The summed E-state index contributed by atoms with van der Waals surface area (Å²) in [5, 5.41) is 12.4. The maximum atomic E-state index is 11.3. The number of hydrogen-bond acceptors (Lipinski definition) is 6. The van der Waals surface area contributed by atoms with Gasteiger partial charge in [-0.3, -0.25) is 4.79 Å². The number of aliphatic carboxylic acids is 1. The lowest BCUT2D eigenvalue weighted by molar-refractivity contribution is -0.137. The van der Waals surface area contributed by atoms with E-state index in [0.717, 1.165) is 39.0 Å². The normalized spacial score (nSPS) is 12.3. The van der Waals surface area contributed by atoms with Crippen LogP contribution in [0.5, 0.6) is 11.5 Å². The van der Waals surface area contributed by atoms with E-state index in [1.165, 1.54) is 11.0 Å². The second-order valence-electron chi connectivity index (χ2n) is 9.59. The molecule has 0 aliphatic carbocycles. The topological polar surface area (TPSA) is 89.9 Å². The number of allylic oxidation sites excluding steroid dienone is 1. The van der Waals surface area contributed by atoms with Gasteiger partial charge in [0.25, 0.3) is 0 Å². The lowest BCUT2D eigenvalue weighted by Gasteiger charge is -2.12. The number of carboxylic acids is 1. The van der Waals surface area contributed by atoms with E-state index < -0.39 is 15.8 Å². The molecule has 1 heterocycles. The van der Waals surface area contributed by atoms with Crippen molar-refractivity contribution in [2.24, 2.45) is 0 Å². The van der Waals surface area contributed by atoms with Gasteiger partial charge in [-0.15, -0.1) is 17.9 Å². The number of carbonyl (C=O) groups is 1. The average molecular weight is 565 g/mol. The molecule has 3 aromatic carbocycles. The average Bonchev–Trinajstić information content (AvgIpc) is 3.31. The minimum absolute atomic E-state index is 0.00724. The lowest BCUT2D eigenvalue weighted by atomic mass is 9.96. The van der Waals surface area contributed by atoms with Crippen molar-refractivity contribution in [1.82, 2.24) is 0 Å². The first-order valence-electron chi connectivity index (χ1n) is 12.6. The van der Waals surface area contributed by atoms with Gasteiger partial charge >= 0.3 is 5.97 Å². The van der Waals surface area contributed by atoms with Crippen molar-refractivity contribution in [2.75, 3.05) is 18.6 Å². The lowest BCUT2D eigenvalue weighted by Crippen LogP contribution is -2.08. The van der Waals surface area contributed by atoms with Gasteiger partial charge in [-0.2, -0.15) is 0 Å². The van der Waals surface area contributed by atoms with Gasteiger partial charge in [-0.05, 0) is 77.4 Å². The number of thiophene rings is 1. The maximum Gasteiger partial charge on any atom is 0.304 e. The Morgan fingerprint density at radius 1 is 1.03 bits per heavy atom. The number of rotatable bonds is 13. The number of carboxylic acid groups (broad SMARTS) is 1. The summed E-state index contributed by atoms with van der Waals surface area (Å²) >= 11 is 1.70. The Kier molecular flexibility index (Phi) is 9.09. The third-order valence-electron chi connectivity index (χ3n) is 6.45. The van der Waals surface area contributed by atoms with Crippen LogP contribution in [0.1, 0.15) is 35.4 Å². The van der Waals surface area contributed by atoms with Crippen molar-refractivity contribution >= 4 is 37.2 Å². The largest absolute Gasteiger partial charge is 0.494 e. The van der Waals surface area contributed by atoms with Crippen LogP contribution in [-0.2, 0) is 21.2 Å². The van der Waals surface area contributed by atoms with Gasteiger partial charge in [0.05, 0.1) is 18.8 Å². The predicted octanol–water partition coefficient (Wildman–Crippen LogP) is 7.01. The molecule has 1 unspecified atom stereocenters. The Balaban J connectivity index is 1.44. The van der Waals surface area contributed by atoms with Crippen molar-refractivity contribution in [3.63, 3.8) is 0 Å². The minimum Gasteiger partial charge on any atom is -0.494 e. The molecule has 0 aliphatic rings. The Labute approximate surface area is 233 Å². The van der Waals surface area contributed by atoms with Crippen LogP contribution in [0.25, 0.3) is 21.2 Å². The Morgan fingerprint density at radius 2 is 1.77 bits per heavy atom. The van der Waals surface area contributed by atoms with Crippen molar-refractivity contribution < 1.29 is 27.8 Å². The zero-order chi connectivity index (χ0) is 28.0. The van der Waals surface area contributed by atoms with E-state index in [0.29, 0.717) is 25.4 Å². The molecular formula is C31H32O6S2. The Bertz CT molecular complexity index is 1570. The van der Waals surface area contributed by atoms with E-state index in [4.69, 9.17) is 14.6 Å². The number of ether oxygens (including phenoxy) is 2. The van der Waals surface area contributed by atoms with Crippen molar-refractivity contribution in [1.29, 1.82) is 0 Å². The van der Waals surface area contributed by atoms with E-state index in [-0.39, 0.29) is 18.1 Å². The van der Waals surface area contributed by atoms with E-state index >= 15 is 0 Å². The van der Waals surface area contributed by atoms with E-state index in [1.807, 2.05) is 49.4 Å². The summed E-state index contributed by atoms with van der Waals surface area (Å²) in [6.45, 7) is 6.56. The molecule has 0 radical (unpaired) electrons. The summed E-state index contributed by atoms with van der Waals surface area (Å²) < 4.78 is 35.6. The van der Waals surface area contributed by atoms with Gasteiger partial charge in [0, 0.05) is 27.8 Å². The molecule has 0 aliphatic heterocycles. The van der Waals surface area contributed by atoms with Crippen molar-refractivity contribution in [2.45, 2.75) is 32.3 Å². The summed E-state index contributed by atoms with van der Waals surface area (Å²) in [4.78, 5) is 11.1. The minimum atomic E-state index is -2.99. The molecule has 39 heavy (non-hydrogen) atoms. The van der Waals surface area contributed by atoms with Crippen LogP contribution >= 0.6 is 11.3 Å². The van der Waals surface area contributed by atoms with Gasteiger partial charge in [0.1, 0.15) is 27.9 Å². The first-order chi connectivity index (χ1) is 18.6. The van der Waals surface area contributed by atoms with Gasteiger partial charge < -0.3 is 14.6 Å². The summed E-state index contributed by atoms with van der Waals surface area (Å²) in [7, 11) is -2.99. The van der Waals surface area contributed by atoms with Crippen molar-refractivity contribution in [3.05, 3.63) is 95.4 Å². The fraction of sp³-hybridized carbons (Fsp3) is 0.258. The fourth-order valence-electron chi connectivity index (χ4n) is 4.42. The maximum absolute atomic E-state index is 11.3. The van der Waals surface area contributed by atoms with Crippen LogP contribution in [0.15, 0.2) is 78.7 Å². The first-order valence-corrected chi connectivity index (χ1v) is 15.6. The molecule has 1 N–H and O–H groups in total. The highest BCUT2D eigenvalue weighted by Crippen LogP contribution is 2.37. The third-order valence-corrected chi connectivity index (χ3v) is 8.44. The zero-order valence-corrected chi connectivity index (χ0v) is 23.7. The van der Waals surface area contributed by atoms with Crippen LogP contribution in [0, 0.1) is 6.92 Å². The van der Waals surface area contributed by atoms with Gasteiger partial charge in [0.15, 0.2) is 0 Å². The van der Waals surface area contributed by atoms with E-state index in [2.05, 4.69) is 30.2 Å². The molecule has 0 fully saturated rings. The van der Waals surface area contributed by atoms with Crippen LogP contribution in [-0.4, -0.2) is 38.1 Å². The van der Waals surface area contributed by atoms with Gasteiger partial charge in [-0.1, -0.05) is 30.3 Å². The number of hydrogen-bond donors (Lipinski definition) is 1. The molecule has 8 heteroatoms. The number of sulfone groups is 1. The molecule has 0 saturated carbocycles. The Hall–Kier alpha value is -3.62. The van der Waals surface area contributed by atoms with E-state index in [1.54, 1.807) is 17.4 Å². The Morgan fingerprint density at radius 3 is 2.44 bits per heavy atom. The molecule has 0 bridgehead atoms. The second kappa shape index (κ2) is 12.5. The van der Waals surface area contributed by atoms with Crippen LogP contribution in [0.2, 0.25) is 0 Å². The molecule has 0 saturated heterocycles. The van der Waals surface area contributed by atoms with Crippen LogP contribution in [0.4, 0.5) is 0 Å². The SMILES string of the molecule is C=CC(CC(=O)O)c1ccc(OCc2ccc3scc(-c4ccc(OCCCS(C)(=O)=O)cc4C)c3c2)cc1. The van der Waals surface area contributed by atoms with Crippen molar-refractivity contribution in [3.8, 4) is 22.6 Å². The van der Waals surface area contributed by atoms with E-state index in [9.17, 15) is 13.2 Å². The smallest absolute Gasteiger partial charge is 0.304 e. The standard InChI is InChI=1S/C31H32O6S2/c1-4-23(18-31(32)33)24-7-9-25(10-8-24)37-19-22-6-13-30-28(17-22)29(20-38-30)27-12-11-26(16-21(27)2)36-14-5-15-39(3,34)35/h4,6-13,16-17,20,23H,1,5,14-15,18-19H2,2-3H3,(H,32,33). The monoisotopic (exact) mass is 564 g/mol. The molecule has 204 valence electrons.